The first-order valence-corrected chi connectivity index (χ1v) is 13.9. The van der Waals surface area contributed by atoms with E-state index < -0.39 is 22.8 Å². The van der Waals surface area contributed by atoms with Gasteiger partial charge in [-0.1, -0.05) is 6.07 Å². The Hall–Kier alpha value is -5.39. The number of hydrogen-bond acceptors (Lipinski definition) is 8. The smallest absolute Gasteiger partial charge is 0.341 e. The van der Waals surface area contributed by atoms with Crippen LogP contribution < -0.4 is 15.8 Å². The second-order valence-electron chi connectivity index (χ2n) is 10.00. The molecule has 6 rings (SSSR count). The Morgan fingerprint density at radius 3 is 2.02 bits per heavy atom. The lowest BCUT2D eigenvalue weighted by atomic mass is 10.0. The quantitative estimate of drug-likeness (QED) is 0.301. The molecule has 1 aliphatic heterocycles. The van der Waals surface area contributed by atoms with Crippen molar-refractivity contribution in [3.05, 3.63) is 92.9 Å². The molecule has 5 aromatic rings. The molecule has 0 bridgehead atoms. The molecule has 4 aromatic heterocycles. The van der Waals surface area contributed by atoms with Crippen LogP contribution in [0, 0.1) is 0 Å². The summed E-state index contributed by atoms with van der Waals surface area (Å²) in [7, 11) is 0. The average Bonchev–Trinajstić information content (AvgIpc) is 3.57. The fourth-order valence-corrected chi connectivity index (χ4v) is 5.15. The first-order valence-electron chi connectivity index (χ1n) is 13.9. The number of anilines is 1. The largest absolute Gasteiger partial charge is 0.477 e. The molecule has 2 N–H and O–H groups in total. The van der Waals surface area contributed by atoms with E-state index in [-0.39, 0.29) is 16.5 Å². The van der Waals surface area contributed by atoms with Crippen molar-refractivity contribution in [1.82, 2.24) is 24.1 Å². The Morgan fingerprint density at radius 2 is 1.42 bits per heavy atom. The molecule has 220 valence electrons. The van der Waals surface area contributed by atoms with Crippen molar-refractivity contribution in [1.29, 1.82) is 0 Å². The van der Waals surface area contributed by atoms with Crippen molar-refractivity contribution in [2.75, 3.05) is 18.0 Å². The third-order valence-electron chi connectivity index (χ3n) is 7.43. The molecular weight excluding hydrogens is 552 g/mol. The Labute approximate surface area is 245 Å². The van der Waals surface area contributed by atoms with Gasteiger partial charge in [0.1, 0.15) is 16.8 Å². The first-order chi connectivity index (χ1) is 20.7. The maximum atomic E-state index is 12.3. The normalized spacial score (nSPS) is 12.7. The monoisotopic (exact) mass is 582 g/mol. The number of benzene rings is 1. The molecule has 43 heavy (non-hydrogen) atoms. The molecule has 1 aliphatic rings. The third-order valence-corrected chi connectivity index (χ3v) is 7.43. The number of nitrogens with zero attached hydrogens (tertiary/aromatic N) is 6. The van der Waals surface area contributed by atoms with Crippen LogP contribution in [0.4, 0.5) is 5.95 Å². The summed E-state index contributed by atoms with van der Waals surface area (Å²) in [5.41, 5.74) is 1.74. The maximum absolute atomic E-state index is 12.3. The molecule has 0 unspecified atom stereocenters. The molecule has 1 aromatic carbocycles. The topological polar surface area (TPSA) is 161 Å². The number of aromatic nitrogens is 5. The number of aromatic carboxylic acids is 2. The number of rotatable bonds is 6. The highest BCUT2D eigenvalue weighted by molar-refractivity contribution is 5.94. The van der Waals surface area contributed by atoms with Crippen LogP contribution in [0.5, 0.6) is 0 Å². The maximum Gasteiger partial charge on any atom is 0.341 e. The predicted octanol–water partition coefficient (Wildman–Crippen LogP) is 3.89. The van der Waals surface area contributed by atoms with E-state index in [4.69, 9.17) is 10.2 Å². The summed E-state index contributed by atoms with van der Waals surface area (Å²) in [5, 5.41) is 18.9. The minimum absolute atomic E-state index is 0.203. The highest BCUT2D eigenvalue weighted by Crippen LogP contribution is 2.23. The van der Waals surface area contributed by atoms with Crippen molar-refractivity contribution in [3.63, 3.8) is 0 Å². The minimum atomic E-state index is -1.23. The number of pyridine rings is 3. The van der Waals surface area contributed by atoms with Crippen LogP contribution in [0.2, 0.25) is 0 Å². The fraction of sp³-hybridized carbons (Fsp3) is 0.258. The van der Waals surface area contributed by atoms with Gasteiger partial charge in [-0.2, -0.15) is 4.98 Å². The number of fused-ring (bicyclic) bond motifs is 2. The molecule has 1 fully saturated rings. The van der Waals surface area contributed by atoms with Crippen LogP contribution in [0.15, 0.2) is 70.9 Å². The Balaban J connectivity index is 0.000000171. The predicted molar refractivity (Wildman–Crippen MR) is 162 cm³/mol. The number of aryl methyl sites for hydroxylation is 2. The summed E-state index contributed by atoms with van der Waals surface area (Å²) in [6.07, 6.45) is 9.84. The highest BCUT2D eigenvalue weighted by Gasteiger charge is 2.19. The SMILES string of the molecule is CCn1cc(C(=O)O)c(=O)c2ccc(-c3ccncc3)cc21.CCn1cc(C(=O)O)c(=O)c2cnc(N3CCCC3)nc21. The van der Waals surface area contributed by atoms with Crippen LogP contribution >= 0.6 is 0 Å². The van der Waals surface area contributed by atoms with Crippen molar-refractivity contribution < 1.29 is 19.8 Å². The summed E-state index contributed by atoms with van der Waals surface area (Å²) < 4.78 is 3.46. The van der Waals surface area contributed by atoms with E-state index in [0.717, 1.165) is 42.6 Å². The van der Waals surface area contributed by atoms with Crippen molar-refractivity contribution in [3.8, 4) is 11.1 Å². The molecule has 5 heterocycles. The molecule has 0 atom stereocenters. The molecule has 1 saturated heterocycles. The average molecular weight is 583 g/mol. The lowest BCUT2D eigenvalue weighted by molar-refractivity contribution is 0.0684. The first kappa shape index (κ1) is 29.1. The van der Waals surface area contributed by atoms with Gasteiger partial charge in [-0.05, 0) is 62.1 Å². The van der Waals surface area contributed by atoms with Gasteiger partial charge in [-0.15, -0.1) is 0 Å². The van der Waals surface area contributed by atoms with Gasteiger partial charge >= 0.3 is 11.9 Å². The van der Waals surface area contributed by atoms with Crippen LogP contribution in [-0.2, 0) is 13.1 Å². The Kier molecular flexibility index (Phi) is 8.28. The van der Waals surface area contributed by atoms with Crippen LogP contribution in [0.25, 0.3) is 33.1 Å². The molecule has 0 radical (unpaired) electrons. The van der Waals surface area contributed by atoms with Gasteiger partial charge in [-0.25, -0.2) is 14.6 Å². The third kappa shape index (κ3) is 5.71. The second kappa shape index (κ2) is 12.2. The number of hydrogen-bond donors (Lipinski definition) is 2. The van der Waals surface area contributed by atoms with Crippen LogP contribution in [0.1, 0.15) is 47.4 Å². The van der Waals surface area contributed by atoms with E-state index >= 15 is 0 Å². The fourth-order valence-electron chi connectivity index (χ4n) is 5.15. The van der Waals surface area contributed by atoms with Gasteiger partial charge in [0, 0.05) is 62.5 Å². The lowest BCUT2D eigenvalue weighted by Crippen LogP contribution is -2.23. The zero-order chi connectivity index (χ0) is 30.7. The van der Waals surface area contributed by atoms with E-state index in [2.05, 4.69) is 19.9 Å². The standard InChI is InChI=1S/C17H14N2O3.C14H16N4O3/c1-2-19-10-14(17(21)22)16(20)13-4-3-12(9-15(13)19)11-5-7-18-8-6-11;1-2-17-8-10(13(20)21)11(19)9-7-15-14(16-12(9)17)18-5-3-4-6-18/h3-10H,2H2,1H3,(H,21,22);7-8H,2-6H2,1H3,(H,20,21). The molecule has 12 heteroatoms. The van der Waals surface area contributed by atoms with Crippen LogP contribution in [-0.4, -0.2) is 59.3 Å². The number of carbonyl (C=O) groups is 2. The summed E-state index contributed by atoms with van der Waals surface area (Å²) in [5.74, 6) is -1.83. The Bertz CT molecular complexity index is 1960. The second-order valence-corrected chi connectivity index (χ2v) is 10.00. The highest BCUT2D eigenvalue weighted by atomic mass is 16.4. The van der Waals surface area contributed by atoms with Gasteiger partial charge < -0.3 is 24.2 Å². The van der Waals surface area contributed by atoms with Crippen molar-refractivity contribution in [2.24, 2.45) is 0 Å². The lowest BCUT2D eigenvalue weighted by Gasteiger charge is -2.16. The Morgan fingerprint density at radius 1 is 0.814 bits per heavy atom. The summed E-state index contributed by atoms with van der Waals surface area (Å²) in [6, 6.07) is 9.19. The molecule has 0 aliphatic carbocycles. The van der Waals surface area contributed by atoms with Gasteiger partial charge in [0.25, 0.3) is 0 Å². The molecule has 0 saturated carbocycles. The van der Waals surface area contributed by atoms with Gasteiger partial charge in [-0.3, -0.25) is 14.6 Å². The summed E-state index contributed by atoms with van der Waals surface area (Å²) in [4.78, 5) is 61.6. The van der Waals surface area contributed by atoms with Gasteiger partial charge in [0.05, 0.1) is 10.9 Å². The van der Waals surface area contributed by atoms with E-state index in [0.29, 0.717) is 30.1 Å². The van der Waals surface area contributed by atoms with E-state index in [1.807, 2.05) is 38.1 Å². The molecule has 12 nitrogen and oxygen atoms in total. The van der Waals surface area contributed by atoms with E-state index in [1.54, 1.807) is 27.6 Å². The van der Waals surface area contributed by atoms with Crippen molar-refractivity contribution in [2.45, 2.75) is 39.8 Å². The van der Waals surface area contributed by atoms with E-state index in [9.17, 15) is 19.2 Å². The minimum Gasteiger partial charge on any atom is -0.477 e. The van der Waals surface area contributed by atoms with Gasteiger partial charge in [0.2, 0.25) is 16.8 Å². The van der Waals surface area contributed by atoms with Crippen molar-refractivity contribution >= 4 is 39.8 Å². The number of carboxylic acids is 2. The zero-order valence-corrected chi connectivity index (χ0v) is 23.7. The summed E-state index contributed by atoms with van der Waals surface area (Å²) in [6.45, 7) is 6.73. The zero-order valence-electron chi connectivity index (χ0n) is 23.7. The molecular formula is C31H30N6O6. The number of carboxylic acid groups (broad SMARTS) is 2. The summed E-state index contributed by atoms with van der Waals surface area (Å²) >= 11 is 0. The molecule has 0 spiro atoms. The molecule has 0 amide bonds. The van der Waals surface area contributed by atoms with Crippen LogP contribution in [0.3, 0.4) is 0 Å². The van der Waals surface area contributed by atoms with E-state index in [1.165, 1.54) is 18.6 Å². The van der Waals surface area contributed by atoms with Gasteiger partial charge in [0.15, 0.2) is 0 Å².